The number of ether oxygens (including phenoxy) is 1. The highest BCUT2D eigenvalue weighted by atomic mass is 16.5. The number of imidazole rings is 1. The van der Waals surface area contributed by atoms with Crippen molar-refractivity contribution >= 4 is 16.9 Å². The van der Waals surface area contributed by atoms with Crippen LogP contribution in [0.25, 0.3) is 10.9 Å². The lowest BCUT2D eigenvalue weighted by molar-refractivity contribution is 0.0528. The lowest BCUT2D eigenvalue weighted by Crippen LogP contribution is -2.17. The molecule has 0 atom stereocenters. The van der Waals surface area contributed by atoms with Gasteiger partial charge in [-0.15, -0.1) is 0 Å². The van der Waals surface area contributed by atoms with Crippen LogP contribution in [0.4, 0.5) is 0 Å². The van der Waals surface area contributed by atoms with Crippen LogP contribution in [0.15, 0.2) is 23.5 Å². The van der Waals surface area contributed by atoms with Gasteiger partial charge in [-0.05, 0) is 19.8 Å². The molecule has 1 N–H and O–H groups in total. The predicted molar refractivity (Wildman–Crippen MR) is 93.4 cm³/mol. The predicted octanol–water partition coefficient (Wildman–Crippen LogP) is 1.49. The summed E-state index contributed by atoms with van der Waals surface area (Å²) in [5.74, 6) is 5.61. The van der Waals surface area contributed by atoms with E-state index >= 15 is 0 Å². The number of aromatic amines is 1. The molecule has 0 saturated heterocycles. The number of nitrogens with zero attached hydrogens (tertiary/aromatic N) is 3. The van der Waals surface area contributed by atoms with Crippen molar-refractivity contribution in [3.8, 4) is 11.8 Å². The smallest absolute Gasteiger partial charge is 0.340 e. The van der Waals surface area contributed by atoms with Crippen molar-refractivity contribution in [2.24, 2.45) is 14.1 Å². The number of rotatable bonds is 2. The van der Waals surface area contributed by atoms with Gasteiger partial charge in [-0.2, -0.15) is 0 Å². The molecule has 0 aliphatic heterocycles. The number of aromatic nitrogens is 4. The molecule has 7 nitrogen and oxygen atoms in total. The van der Waals surface area contributed by atoms with Gasteiger partial charge in [-0.25, -0.2) is 9.78 Å². The third-order valence-electron chi connectivity index (χ3n) is 3.94. The van der Waals surface area contributed by atoms with Crippen molar-refractivity contribution in [2.75, 3.05) is 6.61 Å². The normalized spacial score (nSPS) is 10.6. The van der Waals surface area contributed by atoms with E-state index < -0.39 is 5.97 Å². The number of carbonyl (C=O) groups is 1. The van der Waals surface area contributed by atoms with Crippen molar-refractivity contribution in [3.05, 3.63) is 51.6 Å². The molecule has 3 aromatic heterocycles. The topological polar surface area (TPSA) is 81.9 Å². The first-order chi connectivity index (χ1) is 11.9. The van der Waals surface area contributed by atoms with Crippen LogP contribution in [0, 0.1) is 18.8 Å². The molecule has 0 fully saturated rings. The second kappa shape index (κ2) is 6.32. The summed E-state index contributed by atoms with van der Waals surface area (Å²) in [6.07, 6.45) is 4.94. The molecule has 0 radical (unpaired) electrons. The van der Waals surface area contributed by atoms with Gasteiger partial charge in [-0.1, -0.05) is 5.92 Å². The molecule has 0 bridgehead atoms. The molecule has 128 valence electrons. The van der Waals surface area contributed by atoms with Gasteiger partial charge in [-0.3, -0.25) is 4.79 Å². The second-order valence-electron chi connectivity index (χ2n) is 5.69. The molecule has 3 heterocycles. The van der Waals surface area contributed by atoms with E-state index in [9.17, 15) is 9.59 Å². The zero-order valence-electron chi connectivity index (χ0n) is 14.5. The molecule has 0 saturated carbocycles. The van der Waals surface area contributed by atoms with Gasteiger partial charge < -0.3 is 18.9 Å². The monoisotopic (exact) mass is 338 g/mol. The molecule has 0 amide bonds. The highest BCUT2D eigenvalue weighted by Gasteiger charge is 2.22. The molecule has 0 aliphatic carbocycles. The number of aryl methyl sites for hydroxylation is 3. The van der Waals surface area contributed by atoms with E-state index in [0.29, 0.717) is 27.7 Å². The van der Waals surface area contributed by atoms with E-state index in [4.69, 9.17) is 4.74 Å². The van der Waals surface area contributed by atoms with Crippen LogP contribution < -0.4 is 5.56 Å². The molecule has 0 aliphatic rings. The standard InChI is InChI=1S/C18H18N4O3/c1-5-25-18(24)14-11(2)20-16-15(14)12(9-21(3)17(16)23)6-7-13-8-19-10-22(13)4/h8-10,20H,5H2,1-4H3. The molecular formula is C18H18N4O3. The SMILES string of the molecule is CCOC(=O)c1c(C)[nH]c2c(=O)n(C)cc(C#Cc3cncn3C)c12. The van der Waals surface area contributed by atoms with E-state index in [1.165, 1.54) is 4.57 Å². The summed E-state index contributed by atoms with van der Waals surface area (Å²) in [5, 5.41) is 0.494. The zero-order chi connectivity index (χ0) is 18.1. The Labute approximate surface area is 144 Å². The van der Waals surface area contributed by atoms with Gasteiger partial charge in [0.2, 0.25) is 0 Å². The average molecular weight is 338 g/mol. The van der Waals surface area contributed by atoms with E-state index in [2.05, 4.69) is 21.8 Å². The summed E-state index contributed by atoms with van der Waals surface area (Å²) in [6, 6.07) is 0. The van der Waals surface area contributed by atoms with Crippen LogP contribution in [-0.4, -0.2) is 31.7 Å². The Balaban J connectivity index is 2.30. The highest BCUT2D eigenvalue weighted by molar-refractivity contribution is 6.07. The van der Waals surface area contributed by atoms with Crippen LogP contribution in [-0.2, 0) is 18.8 Å². The van der Waals surface area contributed by atoms with Crippen molar-refractivity contribution in [1.29, 1.82) is 0 Å². The number of hydrogen-bond acceptors (Lipinski definition) is 4. The third kappa shape index (κ3) is 2.83. The molecule has 25 heavy (non-hydrogen) atoms. The Morgan fingerprint density at radius 1 is 1.32 bits per heavy atom. The maximum atomic E-state index is 12.4. The first kappa shape index (κ1) is 16.6. The number of H-pyrrole nitrogens is 1. The maximum Gasteiger partial charge on any atom is 0.340 e. The zero-order valence-corrected chi connectivity index (χ0v) is 14.5. The van der Waals surface area contributed by atoms with Crippen LogP contribution in [0.3, 0.4) is 0 Å². The quantitative estimate of drug-likeness (QED) is 0.567. The van der Waals surface area contributed by atoms with E-state index in [-0.39, 0.29) is 12.2 Å². The molecule has 3 aromatic rings. The van der Waals surface area contributed by atoms with Crippen LogP contribution in [0.1, 0.15) is 34.2 Å². The number of nitrogens with one attached hydrogen (secondary N) is 1. The van der Waals surface area contributed by atoms with E-state index in [1.54, 1.807) is 44.2 Å². The number of hydrogen-bond donors (Lipinski definition) is 1. The van der Waals surface area contributed by atoms with Crippen molar-refractivity contribution in [2.45, 2.75) is 13.8 Å². The largest absolute Gasteiger partial charge is 0.462 e. The maximum absolute atomic E-state index is 12.4. The van der Waals surface area contributed by atoms with Crippen molar-refractivity contribution in [3.63, 3.8) is 0 Å². The summed E-state index contributed by atoms with van der Waals surface area (Å²) in [7, 11) is 3.50. The molecule has 0 unspecified atom stereocenters. The average Bonchev–Trinajstić information content (AvgIpc) is 3.13. The minimum Gasteiger partial charge on any atom is -0.462 e. The van der Waals surface area contributed by atoms with Crippen molar-refractivity contribution in [1.82, 2.24) is 19.1 Å². The summed E-state index contributed by atoms with van der Waals surface area (Å²) in [5.41, 5.74) is 2.36. The fourth-order valence-corrected chi connectivity index (χ4v) is 2.71. The van der Waals surface area contributed by atoms with Crippen LogP contribution >= 0.6 is 0 Å². The Bertz CT molecular complexity index is 1090. The van der Waals surface area contributed by atoms with Gasteiger partial charge >= 0.3 is 5.97 Å². The Hall–Kier alpha value is -3.27. The van der Waals surface area contributed by atoms with E-state index in [0.717, 1.165) is 5.69 Å². The molecule has 3 rings (SSSR count). The molecule has 7 heteroatoms. The Morgan fingerprint density at radius 2 is 2.08 bits per heavy atom. The summed E-state index contributed by atoms with van der Waals surface area (Å²) < 4.78 is 8.38. The van der Waals surface area contributed by atoms with Gasteiger partial charge in [0.25, 0.3) is 5.56 Å². The van der Waals surface area contributed by atoms with Gasteiger partial charge in [0.15, 0.2) is 0 Å². The third-order valence-corrected chi connectivity index (χ3v) is 3.94. The first-order valence-corrected chi connectivity index (χ1v) is 7.81. The number of carbonyl (C=O) groups excluding carboxylic acids is 1. The van der Waals surface area contributed by atoms with Gasteiger partial charge in [0.05, 0.1) is 30.3 Å². The first-order valence-electron chi connectivity index (χ1n) is 7.81. The van der Waals surface area contributed by atoms with Crippen LogP contribution in [0.5, 0.6) is 0 Å². The minimum atomic E-state index is -0.469. The lowest BCUT2D eigenvalue weighted by Gasteiger charge is -2.04. The second-order valence-corrected chi connectivity index (χ2v) is 5.69. The Morgan fingerprint density at radius 3 is 2.72 bits per heavy atom. The minimum absolute atomic E-state index is 0.222. The number of fused-ring (bicyclic) bond motifs is 1. The van der Waals surface area contributed by atoms with E-state index in [1.807, 2.05) is 7.05 Å². The van der Waals surface area contributed by atoms with Crippen LogP contribution in [0.2, 0.25) is 0 Å². The summed E-state index contributed by atoms with van der Waals surface area (Å²) in [4.78, 5) is 31.8. The van der Waals surface area contributed by atoms with Crippen molar-refractivity contribution < 1.29 is 9.53 Å². The Kier molecular flexibility index (Phi) is 4.19. The molecular weight excluding hydrogens is 320 g/mol. The fraction of sp³-hybridized carbons (Fsp3) is 0.278. The number of pyridine rings is 1. The summed E-state index contributed by atoms with van der Waals surface area (Å²) in [6.45, 7) is 3.74. The fourth-order valence-electron chi connectivity index (χ4n) is 2.71. The van der Waals surface area contributed by atoms with Gasteiger partial charge in [0.1, 0.15) is 11.2 Å². The van der Waals surface area contributed by atoms with Gasteiger partial charge in [0, 0.05) is 31.4 Å². The highest BCUT2D eigenvalue weighted by Crippen LogP contribution is 2.24. The number of esters is 1. The molecule has 0 spiro atoms. The summed E-state index contributed by atoms with van der Waals surface area (Å²) >= 11 is 0. The lowest BCUT2D eigenvalue weighted by atomic mass is 10.1. The molecule has 0 aromatic carbocycles.